The van der Waals surface area contributed by atoms with Crippen LogP contribution in [0, 0.1) is 0 Å². The van der Waals surface area contributed by atoms with Crippen LogP contribution < -0.4 is 14.8 Å². The fourth-order valence-electron chi connectivity index (χ4n) is 2.36. The third-order valence-corrected chi connectivity index (χ3v) is 5.60. The third-order valence-electron chi connectivity index (χ3n) is 3.80. The maximum Gasteiger partial charge on any atom is 0.338 e. The van der Waals surface area contributed by atoms with E-state index in [2.05, 4.69) is 10.0 Å². The number of halogens is 1. The van der Waals surface area contributed by atoms with E-state index in [0.717, 1.165) is 0 Å². The van der Waals surface area contributed by atoms with Gasteiger partial charge in [0, 0.05) is 10.7 Å². The number of anilines is 1. The number of carbonyl (C=O) groups is 2. The Morgan fingerprint density at radius 1 is 1.14 bits per heavy atom. The van der Waals surface area contributed by atoms with Crippen molar-refractivity contribution in [3.05, 3.63) is 53.1 Å². The molecule has 0 radical (unpaired) electrons. The van der Waals surface area contributed by atoms with Gasteiger partial charge < -0.3 is 14.8 Å². The summed E-state index contributed by atoms with van der Waals surface area (Å²) >= 11 is 5.88. The maximum absolute atomic E-state index is 12.6. The van der Waals surface area contributed by atoms with Crippen molar-refractivity contribution in [2.45, 2.75) is 24.8 Å². The van der Waals surface area contributed by atoms with Crippen molar-refractivity contribution >= 4 is 39.2 Å². The molecule has 0 unspecified atom stereocenters. The minimum absolute atomic E-state index is 0.101. The van der Waals surface area contributed by atoms with Gasteiger partial charge in [-0.1, -0.05) is 11.6 Å². The van der Waals surface area contributed by atoms with Gasteiger partial charge in [0.15, 0.2) is 0 Å². The summed E-state index contributed by atoms with van der Waals surface area (Å²) in [6.07, 6.45) is 0. The Kier molecular flexibility index (Phi) is 7.60. The molecule has 29 heavy (non-hydrogen) atoms. The molecule has 2 aromatic carbocycles. The minimum Gasteiger partial charge on any atom is -0.495 e. The average molecular weight is 441 g/mol. The molecule has 8 nitrogen and oxygen atoms in total. The molecule has 0 heterocycles. The SMILES string of the molecule is CCOC(=O)c1ccc(NC(=O)[C@@H](C)NS(=O)(=O)c2cc(Cl)ccc2OC)cc1. The fourth-order valence-corrected chi connectivity index (χ4v) is 4.00. The van der Waals surface area contributed by atoms with Crippen LogP contribution in [-0.4, -0.2) is 40.1 Å². The smallest absolute Gasteiger partial charge is 0.338 e. The standard InChI is InChI=1S/C19H21ClN2O6S/c1-4-28-19(24)13-5-8-15(9-6-13)21-18(23)12(2)22-29(25,26)17-11-14(20)7-10-16(17)27-3/h5-12,22H,4H2,1-3H3,(H,21,23)/t12-/m1/s1. The van der Waals surface area contributed by atoms with Gasteiger partial charge in [0.1, 0.15) is 10.6 Å². The monoisotopic (exact) mass is 440 g/mol. The molecule has 0 aliphatic rings. The number of benzene rings is 2. The summed E-state index contributed by atoms with van der Waals surface area (Å²) in [4.78, 5) is 23.9. The fraction of sp³-hybridized carbons (Fsp3) is 0.263. The highest BCUT2D eigenvalue weighted by Crippen LogP contribution is 2.27. The summed E-state index contributed by atoms with van der Waals surface area (Å²) in [6.45, 7) is 3.36. The lowest BCUT2D eigenvalue weighted by atomic mass is 10.2. The summed E-state index contributed by atoms with van der Waals surface area (Å²) in [5, 5.41) is 2.79. The lowest BCUT2D eigenvalue weighted by Crippen LogP contribution is -2.41. The lowest BCUT2D eigenvalue weighted by Gasteiger charge is -2.16. The van der Waals surface area contributed by atoms with Gasteiger partial charge in [0.25, 0.3) is 0 Å². The minimum atomic E-state index is -4.07. The molecule has 2 N–H and O–H groups in total. The molecule has 0 aliphatic heterocycles. The molecule has 156 valence electrons. The van der Waals surface area contributed by atoms with E-state index in [1.165, 1.54) is 56.5 Å². The van der Waals surface area contributed by atoms with Gasteiger partial charge >= 0.3 is 5.97 Å². The van der Waals surface area contributed by atoms with E-state index >= 15 is 0 Å². The van der Waals surface area contributed by atoms with Gasteiger partial charge in [0.05, 0.1) is 25.3 Å². The quantitative estimate of drug-likeness (QED) is 0.610. The molecule has 10 heteroatoms. The van der Waals surface area contributed by atoms with Gasteiger partial charge in [-0.25, -0.2) is 13.2 Å². The van der Waals surface area contributed by atoms with Gasteiger partial charge in [-0.2, -0.15) is 4.72 Å². The van der Waals surface area contributed by atoms with E-state index in [9.17, 15) is 18.0 Å². The maximum atomic E-state index is 12.6. The number of nitrogens with one attached hydrogen (secondary N) is 2. The summed E-state index contributed by atoms with van der Waals surface area (Å²) in [6, 6.07) is 9.10. The van der Waals surface area contributed by atoms with Crippen molar-refractivity contribution in [1.29, 1.82) is 0 Å². The number of rotatable bonds is 8. The molecule has 1 atom stereocenters. The molecule has 2 aromatic rings. The summed E-state index contributed by atoms with van der Waals surface area (Å²) in [5.41, 5.74) is 0.737. The molecular formula is C19H21ClN2O6S. The molecule has 0 saturated carbocycles. The lowest BCUT2D eigenvalue weighted by molar-refractivity contribution is -0.117. The van der Waals surface area contributed by atoms with Crippen LogP contribution in [0.4, 0.5) is 5.69 Å². The molecule has 0 saturated heterocycles. The number of methoxy groups -OCH3 is 1. The Hall–Kier alpha value is -2.62. The van der Waals surface area contributed by atoms with E-state index < -0.39 is 27.9 Å². The molecule has 0 fully saturated rings. The highest BCUT2D eigenvalue weighted by Gasteiger charge is 2.25. The predicted octanol–water partition coefficient (Wildman–Crippen LogP) is 2.83. The van der Waals surface area contributed by atoms with Crippen molar-refractivity contribution < 1.29 is 27.5 Å². The average Bonchev–Trinajstić information content (AvgIpc) is 2.68. The topological polar surface area (TPSA) is 111 Å². The number of sulfonamides is 1. The van der Waals surface area contributed by atoms with Gasteiger partial charge in [-0.05, 0) is 56.3 Å². The predicted molar refractivity (Wildman–Crippen MR) is 109 cm³/mol. The summed E-state index contributed by atoms with van der Waals surface area (Å²) in [5.74, 6) is -0.954. The molecule has 0 aliphatic carbocycles. The zero-order valence-corrected chi connectivity index (χ0v) is 17.6. The number of hydrogen-bond acceptors (Lipinski definition) is 6. The highest BCUT2D eigenvalue weighted by atomic mass is 35.5. The molecule has 0 aromatic heterocycles. The van der Waals surface area contributed by atoms with Crippen LogP contribution in [0.5, 0.6) is 5.75 Å². The molecular weight excluding hydrogens is 420 g/mol. The summed E-state index contributed by atoms with van der Waals surface area (Å²) < 4.78 is 37.5. The molecule has 1 amide bonds. The first kappa shape index (κ1) is 22.7. The number of hydrogen-bond donors (Lipinski definition) is 2. The second-order valence-corrected chi connectivity index (χ2v) is 8.04. The molecule has 2 rings (SSSR count). The Labute approximate surface area is 174 Å². The largest absolute Gasteiger partial charge is 0.495 e. The van der Waals surface area contributed by atoms with E-state index in [1.807, 2.05) is 0 Å². The van der Waals surface area contributed by atoms with Crippen LogP contribution in [-0.2, 0) is 19.6 Å². The van der Waals surface area contributed by atoms with Crippen LogP contribution in [0.3, 0.4) is 0 Å². The molecule has 0 spiro atoms. The number of amides is 1. The van der Waals surface area contributed by atoms with Crippen molar-refractivity contribution in [3.63, 3.8) is 0 Å². The van der Waals surface area contributed by atoms with Crippen molar-refractivity contribution in [3.8, 4) is 5.75 Å². The number of carbonyl (C=O) groups excluding carboxylic acids is 2. The Morgan fingerprint density at radius 2 is 1.79 bits per heavy atom. The highest BCUT2D eigenvalue weighted by molar-refractivity contribution is 7.89. The normalized spacial score (nSPS) is 12.1. The second-order valence-electron chi connectivity index (χ2n) is 5.93. The number of ether oxygens (including phenoxy) is 2. The van der Waals surface area contributed by atoms with E-state index in [4.69, 9.17) is 21.1 Å². The van der Waals surface area contributed by atoms with Crippen LogP contribution >= 0.6 is 11.6 Å². The van der Waals surface area contributed by atoms with Crippen molar-refractivity contribution in [1.82, 2.24) is 4.72 Å². The van der Waals surface area contributed by atoms with Crippen LogP contribution in [0.1, 0.15) is 24.2 Å². The summed E-state index contributed by atoms with van der Waals surface area (Å²) in [7, 11) is -2.74. The first-order valence-electron chi connectivity index (χ1n) is 8.62. The van der Waals surface area contributed by atoms with Crippen LogP contribution in [0.25, 0.3) is 0 Å². The van der Waals surface area contributed by atoms with Gasteiger partial charge in [-0.3, -0.25) is 4.79 Å². The second kappa shape index (κ2) is 9.73. The van der Waals surface area contributed by atoms with E-state index in [1.54, 1.807) is 6.92 Å². The zero-order chi connectivity index (χ0) is 21.6. The van der Waals surface area contributed by atoms with E-state index in [-0.39, 0.29) is 22.3 Å². The van der Waals surface area contributed by atoms with Crippen molar-refractivity contribution in [2.24, 2.45) is 0 Å². The zero-order valence-electron chi connectivity index (χ0n) is 16.1. The van der Waals surface area contributed by atoms with Crippen molar-refractivity contribution in [2.75, 3.05) is 19.0 Å². The van der Waals surface area contributed by atoms with Crippen LogP contribution in [0.15, 0.2) is 47.4 Å². The van der Waals surface area contributed by atoms with Crippen LogP contribution in [0.2, 0.25) is 5.02 Å². The van der Waals surface area contributed by atoms with E-state index in [0.29, 0.717) is 11.3 Å². The van der Waals surface area contributed by atoms with Gasteiger partial charge in [0.2, 0.25) is 15.9 Å². The third kappa shape index (κ3) is 5.93. The Morgan fingerprint density at radius 3 is 2.38 bits per heavy atom. The van der Waals surface area contributed by atoms with Gasteiger partial charge in [-0.15, -0.1) is 0 Å². The molecule has 0 bridgehead atoms. The first-order chi connectivity index (χ1) is 13.7. The first-order valence-corrected chi connectivity index (χ1v) is 10.5. The number of esters is 1. The Balaban J connectivity index is 2.09. The Bertz CT molecular complexity index is 992.